The molecule has 0 amide bonds. The normalized spacial score (nSPS) is 10.9. The van der Waals surface area contributed by atoms with Gasteiger partial charge in [-0.2, -0.15) is 0 Å². The van der Waals surface area contributed by atoms with Crippen LogP contribution in [-0.4, -0.2) is 19.5 Å². The second kappa shape index (κ2) is 7.56. The third kappa shape index (κ3) is 3.58. The topological polar surface area (TPSA) is 52.8 Å². The first-order valence-electron chi connectivity index (χ1n) is 9.40. The molecule has 0 spiro atoms. The fraction of sp³-hybridized carbons (Fsp3) is 0.0417. The zero-order valence-corrected chi connectivity index (χ0v) is 15.6. The van der Waals surface area contributed by atoms with Crippen molar-refractivity contribution in [2.45, 2.75) is 6.54 Å². The van der Waals surface area contributed by atoms with Gasteiger partial charge in [-0.05, 0) is 42.0 Å². The van der Waals surface area contributed by atoms with Gasteiger partial charge in [-0.3, -0.25) is 0 Å². The Morgan fingerprint density at radius 2 is 1.38 bits per heavy atom. The SMILES string of the molecule is c1ccc(Cn2cnc3c(-c4ccc(Oc5ccccc5)cc4)ncnc32)cc1. The summed E-state index contributed by atoms with van der Waals surface area (Å²) >= 11 is 0. The van der Waals surface area contributed by atoms with Gasteiger partial charge in [0.2, 0.25) is 0 Å². The molecule has 5 heteroatoms. The fourth-order valence-corrected chi connectivity index (χ4v) is 3.29. The summed E-state index contributed by atoms with van der Waals surface area (Å²) in [5.74, 6) is 1.59. The summed E-state index contributed by atoms with van der Waals surface area (Å²) in [7, 11) is 0. The van der Waals surface area contributed by atoms with Gasteiger partial charge in [-0.1, -0.05) is 48.5 Å². The molecule has 0 saturated heterocycles. The number of fused-ring (bicyclic) bond motifs is 1. The molecular formula is C24H18N4O. The maximum absolute atomic E-state index is 5.87. The van der Waals surface area contributed by atoms with Crippen molar-refractivity contribution in [1.82, 2.24) is 19.5 Å². The second-order valence-corrected chi connectivity index (χ2v) is 6.69. The average Bonchev–Trinajstić information content (AvgIpc) is 3.19. The molecule has 5 aromatic rings. The van der Waals surface area contributed by atoms with E-state index in [9.17, 15) is 0 Å². The van der Waals surface area contributed by atoms with E-state index in [0.717, 1.165) is 40.5 Å². The van der Waals surface area contributed by atoms with E-state index in [4.69, 9.17) is 4.74 Å². The molecule has 0 aliphatic heterocycles. The highest BCUT2D eigenvalue weighted by Crippen LogP contribution is 2.28. The lowest BCUT2D eigenvalue weighted by Crippen LogP contribution is -1.99. The molecule has 5 nitrogen and oxygen atoms in total. The Kier molecular flexibility index (Phi) is 4.47. The van der Waals surface area contributed by atoms with Crippen molar-refractivity contribution in [3.8, 4) is 22.8 Å². The molecule has 2 heterocycles. The first-order chi connectivity index (χ1) is 14.4. The van der Waals surface area contributed by atoms with Crippen molar-refractivity contribution in [2.75, 3.05) is 0 Å². The quantitative estimate of drug-likeness (QED) is 0.415. The maximum atomic E-state index is 5.87. The number of hydrogen-bond donors (Lipinski definition) is 0. The number of para-hydroxylation sites is 1. The Labute approximate surface area is 168 Å². The Morgan fingerprint density at radius 3 is 2.14 bits per heavy atom. The number of hydrogen-bond acceptors (Lipinski definition) is 4. The number of aromatic nitrogens is 4. The van der Waals surface area contributed by atoms with E-state index < -0.39 is 0 Å². The van der Waals surface area contributed by atoms with E-state index in [1.54, 1.807) is 6.33 Å². The van der Waals surface area contributed by atoms with Crippen LogP contribution in [0.15, 0.2) is 97.6 Å². The molecule has 0 N–H and O–H groups in total. The molecule has 140 valence electrons. The monoisotopic (exact) mass is 378 g/mol. The van der Waals surface area contributed by atoms with Gasteiger partial charge >= 0.3 is 0 Å². The summed E-state index contributed by atoms with van der Waals surface area (Å²) in [5.41, 5.74) is 4.61. The summed E-state index contributed by atoms with van der Waals surface area (Å²) in [6.45, 7) is 0.720. The van der Waals surface area contributed by atoms with Gasteiger partial charge in [0.1, 0.15) is 29.0 Å². The van der Waals surface area contributed by atoms with Crippen LogP contribution in [0.25, 0.3) is 22.4 Å². The zero-order chi connectivity index (χ0) is 19.5. The van der Waals surface area contributed by atoms with Crippen LogP contribution in [0.3, 0.4) is 0 Å². The van der Waals surface area contributed by atoms with Crippen LogP contribution in [0.1, 0.15) is 5.56 Å². The first-order valence-corrected chi connectivity index (χ1v) is 9.40. The number of benzene rings is 3. The van der Waals surface area contributed by atoms with Crippen LogP contribution in [0.4, 0.5) is 0 Å². The van der Waals surface area contributed by atoms with Crippen molar-refractivity contribution in [3.63, 3.8) is 0 Å². The highest BCUT2D eigenvalue weighted by Gasteiger charge is 2.12. The van der Waals surface area contributed by atoms with Crippen molar-refractivity contribution < 1.29 is 4.74 Å². The largest absolute Gasteiger partial charge is 0.457 e. The highest BCUT2D eigenvalue weighted by molar-refractivity contribution is 5.87. The van der Waals surface area contributed by atoms with Crippen LogP contribution in [0.2, 0.25) is 0 Å². The smallest absolute Gasteiger partial charge is 0.164 e. The Balaban J connectivity index is 1.44. The van der Waals surface area contributed by atoms with E-state index in [1.165, 1.54) is 5.56 Å². The van der Waals surface area contributed by atoms with Gasteiger partial charge in [0.25, 0.3) is 0 Å². The van der Waals surface area contributed by atoms with Crippen molar-refractivity contribution in [3.05, 3.63) is 103 Å². The Bertz CT molecular complexity index is 1230. The minimum atomic E-state index is 0.720. The molecule has 0 aliphatic carbocycles. The lowest BCUT2D eigenvalue weighted by atomic mass is 10.1. The first kappa shape index (κ1) is 17.1. The molecule has 0 bridgehead atoms. The number of imidazole rings is 1. The van der Waals surface area contributed by atoms with Gasteiger partial charge in [0.05, 0.1) is 12.9 Å². The van der Waals surface area contributed by atoms with E-state index in [1.807, 2.05) is 83.7 Å². The minimum Gasteiger partial charge on any atom is -0.457 e. The summed E-state index contributed by atoms with van der Waals surface area (Å²) in [4.78, 5) is 13.5. The van der Waals surface area contributed by atoms with E-state index in [0.29, 0.717) is 0 Å². The van der Waals surface area contributed by atoms with Crippen molar-refractivity contribution in [2.24, 2.45) is 0 Å². The third-order valence-electron chi connectivity index (χ3n) is 4.70. The summed E-state index contributed by atoms with van der Waals surface area (Å²) in [6, 6.07) is 27.9. The predicted molar refractivity (Wildman–Crippen MR) is 113 cm³/mol. The predicted octanol–water partition coefficient (Wildman–Crippen LogP) is 5.33. The molecular weight excluding hydrogens is 360 g/mol. The van der Waals surface area contributed by atoms with Crippen LogP contribution in [0, 0.1) is 0 Å². The van der Waals surface area contributed by atoms with Gasteiger partial charge in [0.15, 0.2) is 5.65 Å². The molecule has 3 aromatic carbocycles. The molecule has 0 unspecified atom stereocenters. The zero-order valence-electron chi connectivity index (χ0n) is 15.6. The summed E-state index contributed by atoms with van der Waals surface area (Å²) < 4.78 is 7.92. The highest BCUT2D eigenvalue weighted by atomic mass is 16.5. The fourth-order valence-electron chi connectivity index (χ4n) is 3.29. The Morgan fingerprint density at radius 1 is 0.690 bits per heavy atom. The molecule has 2 aromatic heterocycles. The molecule has 0 radical (unpaired) electrons. The lowest BCUT2D eigenvalue weighted by molar-refractivity contribution is 0.483. The van der Waals surface area contributed by atoms with Gasteiger partial charge in [-0.15, -0.1) is 0 Å². The van der Waals surface area contributed by atoms with Crippen LogP contribution >= 0.6 is 0 Å². The second-order valence-electron chi connectivity index (χ2n) is 6.69. The Hall–Kier alpha value is -3.99. The summed E-state index contributed by atoms with van der Waals surface area (Å²) in [6.07, 6.45) is 3.41. The molecule has 0 fully saturated rings. The summed E-state index contributed by atoms with van der Waals surface area (Å²) in [5, 5.41) is 0. The van der Waals surface area contributed by atoms with Gasteiger partial charge < -0.3 is 9.30 Å². The average molecular weight is 378 g/mol. The number of ether oxygens (including phenoxy) is 1. The number of rotatable bonds is 5. The van der Waals surface area contributed by atoms with Crippen LogP contribution < -0.4 is 4.74 Å². The lowest BCUT2D eigenvalue weighted by Gasteiger charge is -2.07. The molecule has 0 aliphatic rings. The molecule has 0 saturated carbocycles. The van der Waals surface area contributed by atoms with E-state index in [2.05, 4.69) is 27.1 Å². The minimum absolute atomic E-state index is 0.720. The molecule has 29 heavy (non-hydrogen) atoms. The standard InChI is InChI=1S/C24H18N4O/c1-3-7-18(8-4-1)15-28-17-27-23-22(25-16-26-24(23)28)19-11-13-21(14-12-19)29-20-9-5-2-6-10-20/h1-14,16-17H,15H2. The van der Waals surface area contributed by atoms with E-state index in [-0.39, 0.29) is 0 Å². The van der Waals surface area contributed by atoms with Gasteiger partial charge in [0, 0.05) is 5.56 Å². The number of nitrogens with zero attached hydrogens (tertiary/aromatic N) is 4. The van der Waals surface area contributed by atoms with E-state index >= 15 is 0 Å². The van der Waals surface area contributed by atoms with Crippen LogP contribution in [0.5, 0.6) is 11.5 Å². The van der Waals surface area contributed by atoms with Crippen molar-refractivity contribution in [1.29, 1.82) is 0 Å². The van der Waals surface area contributed by atoms with Crippen LogP contribution in [-0.2, 0) is 6.54 Å². The molecule has 0 atom stereocenters. The third-order valence-corrected chi connectivity index (χ3v) is 4.70. The maximum Gasteiger partial charge on any atom is 0.164 e. The van der Waals surface area contributed by atoms with Gasteiger partial charge in [-0.25, -0.2) is 15.0 Å². The van der Waals surface area contributed by atoms with Crippen molar-refractivity contribution >= 4 is 11.2 Å². The molecule has 5 rings (SSSR count).